The van der Waals surface area contributed by atoms with Gasteiger partial charge < -0.3 is 16.6 Å². The van der Waals surface area contributed by atoms with Crippen molar-refractivity contribution in [2.24, 2.45) is 10.2 Å². The van der Waals surface area contributed by atoms with Crippen LogP contribution in [0.3, 0.4) is 0 Å². The highest BCUT2D eigenvalue weighted by Crippen LogP contribution is 2.43. The van der Waals surface area contributed by atoms with Gasteiger partial charge >= 0.3 is 0 Å². The van der Waals surface area contributed by atoms with Gasteiger partial charge in [0.1, 0.15) is 10.6 Å². The molecule has 0 aromatic heterocycles. The number of thiol groups is 1. The number of rotatable bonds is 4. The van der Waals surface area contributed by atoms with Crippen LogP contribution in [0.2, 0.25) is 0 Å². The summed E-state index contributed by atoms with van der Waals surface area (Å²) in [5.74, 6) is -0.369. The van der Waals surface area contributed by atoms with Gasteiger partial charge in [0.2, 0.25) is 0 Å². The number of hydrogen-bond acceptors (Lipinski definition) is 8. The Labute approximate surface area is 202 Å². The highest BCUT2D eigenvalue weighted by atomic mass is 32.2. The fraction of sp³-hybridized carbons (Fsp3) is 0.0833. The monoisotopic (exact) mass is 494 g/mol. The molecular formula is C24H22N4O4S2. The molecule has 0 unspecified atom stereocenters. The van der Waals surface area contributed by atoms with E-state index in [2.05, 4.69) is 22.9 Å². The van der Waals surface area contributed by atoms with Gasteiger partial charge in [0.25, 0.3) is 10.1 Å². The second kappa shape index (κ2) is 8.64. The van der Waals surface area contributed by atoms with Crippen LogP contribution in [-0.4, -0.2) is 18.1 Å². The quantitative estimate of drug-likeness (QED) is 0.102. The molecule has 10 heteroatoms. The normalized spacial score (nSPS) is 12.0. The van der Waals surface area contributed by atoms with Crippen LogP contribution in [0.15, 0.2) is 74.6 Å². The predicted molar refractivity (Wildman–Crippen MR) is 137 cm³/mol. The van der Waals surface area contributed by atoms with E-state index < -0.39 is 15.0 Å². The summed E-state index contributed by atoms with van der Waals surface area (Å²) in [6, 6.07) is 15.5. The summed E-state index contributed by atoms with van der Waals surface area (Å²) in [5.41, 5.74) is 17.3. The molecular weight excluding hydrogens is 472 g/mol. The zero-order chi connectivity index (χ0) is 24.8. The van der Waals surface area contributed by atoms with Crippen LogP contribution in [0.25, 0.3) is 21.9 Å². The SMILES string of the molecule is Cc1cc(-c2ccc(N=Nc3ccc4c(S(=O)(=O)O)cc(S)c(N)c4c3O)c(C)c2)ccc1N. The largest absolute Gasteiger partial charge is 0.505 e. The minimum atomic E-state index is -4.57. The molecule has 0 aliphatic heterocycles. The minimum Gasteiger partial charge on any atom is -0.505 e. The number of nitrogens with two attached hydrogens (primary N) is 2. The molecule has 0 radical (unpaired) electrons. The summed E-state index contributed by atoms with van der Waals surface area (Å²) in [6.07, 6.45) is 0. The van der Waals surface area contributed by atoms with Crippen LogP contribution in [0.4, 0.5) is 22.7 Å². The Kier molecular flexibility index (Phi) is 5.98. The molecule has 0 fully saturated rings. The third kappa shape index (κ3) is 4.30. The van der Waals surface area contributed by atoms with E-state index in [-0.39, 0.29) is 32.8 Å². The van der Waals surface area contributed by atoms with Gasteiger partial charge in [0.05, 0.1) is 16.8 Å². The van der Waals surface area contributed by atoms with Crippen molar-refractivity contribution in [3.8, 4) is 16.9 Å². The zero-order valence-corrected chi connectivity index (χ0v) is 20.0. The van der Waals surface area contributed by atoms with Gasteiger partial charge in [0.15, 0.2) is 5.75 Å². The third-order valence-electron chi connectivity index (χ3n) is 5.58. The van der Waals surface area contributed by atoms with Crippen molar-refractivity contribution in [3.63, 3.8) is 0 Å². The predicted octanol–water partition coefficient (Wildman–Crippen LogP) is 5.94. The lowest BCUT2D eigenvalue weighted by atomic mass is 10.0. The van der Waals surface area contributed by atoms with Crippen LogP contribution in [0.5, 0.6) is 5.75 Å². The van der Waals surface area contributed by atoms with E-state index in [1.807, 2.05) is 50.2 Å². The molecule has 34 heavy (non-hydrogen) atoms. The maximum atomic E-state index is 11.8. The summed E-state index contributed by atoms with van der Waals surface area (Å²) in [4.78, 5) is -0.321. The number of hydrogen-bond donors (Lipinski definition) is 5. The number of fused-ring (bicyclic) bond motifs is 1. The van der Waals surface area contributed by atoms with Gasteiger partial charge in [-0.2, -0.15) is 13.5 Å². The highest BCUT2D eigenvalue weighted by Gasteiger charge is 2.21. The number of aromatic hydroxyl groups is 1. The number of nitrogen functional groups attached to an aromatic ring is 2. The number of azo groups is 1. The maximum Gasteiger partial charge on any atom is 0.295 e. The van der Waals surface area contributed by atoms with Gasteiger partial charge in [-0.25, -0.2) is 0 Å². The van der Waals surface area contributed by atoms with E-state index >= 15 is 0 Å². The molecule has 0 bridgehead atoms. The fourth-order valence-electron chi connectivity index (χ4n) is 3.67. The number of aryl methyl sites for hydroxylation is 2. The van der Waals surface area contributed by atoms with Crippen molar-refractivity contribution in [1.82, 2.24) is 0 Å². The minimum absolute atomic E-state index is 0.0161. The van der Waals surface area contributed by atoms with Crippen LogP contribution in [0, 0.1) is 13.8 Å². The standard InChI is InChI=1S/C24H22N4O4S2/c1-12-9-14(3-6-17(12)25)15-4-7-18(13(2)10-15)27-28-19-8-5-16-21(34(30,31)32)11-20(33)23(26)22(16)24(19)29/h3-11,29,33H,25-26H2,1-2H3,(H,30,31,32). The Balaban J connectivity index is 1.75. The van der Waals surface area contributed by atoms with Crippen LogP contribution < -0.4 is 11.5 Å². The average molecular weight is 495 g/mol. The van der Waals surface area contributed by atoms with Gasteiger partial charge in [-0.1, -0.05) is 18.2 Å². The zero-order valence-electron chi connectivity index (χ0n) is 18.3. The molecule has 0 aliphatic carbocycles. The molecule has 8 nitrogen and oxygen atoms in total. The number of benzene rings is 4. The average Bonchev–Trinajstić information content (AvgIpc) is 2.77. The first-order valence-corrected chi connectivity index (χ1v) is 12.0. The number of nitrogens with zero attached hydrogens (tertiary/aromatic N) is 2. The molecule has 0 atom stereocenters. The second-order valence-corrected chi connectivity index (χ2v) is 9.78. The van der Waals surface area contributed by atoms with Crippen molar-refractivity contribution in [2.45, 2.75) is 23.6 Å². The fourth-order valence-corrected chi connectivity index (χ4v) is 4.71. The molecule has 0 saturated carbocycles. The van der Waals surface area contributed by atoms with E-state index in [4.69, 9.17) is 11.5 Å². The first kappa shape index (κ1) is 23.6. The molecule has 0 amide bonds. The Morgan fingerprint density at radius 3 is 2.06 bits per heavy atom. The second-order valence-electron chi connectivity index (χ2n) is 7.91. The van der Waals surface area contributed by atoms with E-state index in [1.165, 1.54) is 12.1 Å². The third-order valence-corrected chi connectivity index (χ3v) is 6.84. The first-order chi connectivity index (χ1) is 16.0. The molecule has 4 rings (SSSR count). The molecule has 0 spiro atoms. The Morgan fingerprint density at radius 2 is 1.44 bits per heavy atom. The lowest BCUT2D eigenvalue weighted by Crippen LogP contribution is -2.01. The topological polar surface area (TPSA) is 151 Å². The van der Waals surface area contributed by atoms with Crippen LogP contribution in [-0.2, 0) is 10.1 Å². The summed E-state index contributed by atoms with van der Waals surface area (Å²) in [7, 11) is -4.57. The summed E-state index contributed by atoms with van der Waals surface area (Å²) in [6.45, 7) is 3.85. The molecule has 6 N–H and O–H groups in total. The molecule has 0 aliphatic rings. The maximum absolute atomic E-state index is 11.8. The van der Waals surface area contributed by atoms with E-state index in [9.17, 15) is 18.1 Å². The van der Waals surface area contributed by atoms with Gasteiger partial charge in [0, 0.05) is 16.0 Å². The van der Waals surface area contributed by atoms with E-state index in [0.717, 1.165) is 34.0 Å². The molecule has 4 aromatic rings. The number of phenolic OH excluding ortho intramolecular Hbond substituents is 1. The van der Waals surface area contributed by atoms with Crippen LogP contribution in [0.1, 0.15) is 11.1 Å². The Hall–Kier alpha value is -3.60. The Bertz CT molecular complexity index is 1600. The highest BCUT2D eigenvalue weighted by molar-refractivity contribution is 7.86. The van der Waals surface area contributed by atoms with Crippen molar-refractivity contribution < 1.29 is 18.1 Å². The lowest BCUT2D eigenvalue weighted by Gasteiger charge is -2.12. The summed E-state index contributed by atoms with van der Waals surface area (Å²) in [5, 5.41) is 19.2. The van der Waals surface area contributed by atoms with Crippen molar-refractivity contribution in [3.05, 3.63) is 65.7 Å². The van der Waals surface area contributed by atoms with Crippen molar-refractivity contribution in [1.29, 1.82) is 0 Å². The molecule has 4 aromatic carbocycles. The Morgan fingerprint density at radius 1 is 0.853 bits per heavy atom. The van der Waals surface area contributed by atoms with Gasteiger partial charge in [-0.15, -0.1) is 17.7 Å². The number of phenols is 1. The van der Waals surface area contributed by atoms with Gasteiger partial charge in [-0.05, 0) is 72.5 Å². The smallest absolute Gasteiger partial charge is 0.295 e. The first-order valence-electron chi connectivity index (χ1n) is 10.1. The van der Waals surface area contributed by atoms with Crippen molar-refractivity contribution in [2.75, 3.05) is 11.5 Å². The van der Waals surface area contributed by atoms with E-state index in [1.54, 1.807) is 0 Å². The van der Waals surface area contributed by atoms with Crippen LogP contribution >= 0.6 is 12.6 Å². The van der Waals surface area contributed by atoms with Crippen molar-refractivity contribution >= 4 is 56.3 Å². The molecule has 0 saturated heterocycles. The summed E-state index contributed by atoms with van der Waals surface area (Å²) >= 11 is 4.16. The lowest BCUT2D eigenvalue weighted by molar-refractivity contribution is 0.482. The van der Waals surface area contributed by atoms with Gasteiger partial charge in [-0.3, -0.25) is 4.55 Å². The summed E-state index contributed by atoms with van der Waals surface area (Å²) < 4.78 is 33.1. The molecule has 174 valence electrons. The van der Waals surface area contributed by atoms with E-state index in [0.29, 0.717) is 5.69 Å². The molecule has 0 heterocycles. The number of anilines is 2.